The minimum absolute atomic E-state index is 0.125. The predicted molar refractivity (Wildman–Crippen MR) is 82.2 cm³/mol. The summed E-state index contributed by atoms with van der Waals surface area (Å²) in [6, 6.07) is 6.43. The van der Waals surface area contributed by atoms with Gasteiger partial charge < -0.3 is 10.2 Å². The topological polar surface area (TPSA) is 32.3 Å². The summed E-state index contributed by atoms with van der Waals surface area (Å²) in [4.78, 5) is 14.5. The van der Waals surface area contributed by atoms with E-state index in [0.717, 1.165) is 31.5 Å². The molecule has 1 aromatic carbocycles. The highest BCUT2D eigenvalue weighted by Gasteiger charge is 2.38. The lowest BCUT2D eigenvalue weighted by molar-refractivity contribution is -0.143. The number of carbonyl (C=O) groups is 1. The Labute approximate surface area is 126 Å². The van der Waals surface area contributed by atoms with Crippen LogP contribution in [-0.4, -0.2) is 30.9 Å². The van der Waals surface area contributed by atoms with E-state index in [1.54, 1.807) is 18.0 Å². The molecule has 21 heavy (non-hydrogen) atoms. The maximum absolute atomic E-state index is 13.2. The second-order valence-electron chi connectivity index (χ2n) is 6.56. The summed E-state index contributed by atoms with van der Waals surface area (Å²) in [5.41, 5.74) is 0.429. The number of nitrogens with one attached hydrogen (secondary N) is 1. The van der Waals surface area contributed by atoms with Crippen LogP contribution in [0.5, 0.6) is 0 Å². The Kier molecular flexibility index (Phi) is 4.99. The molecule has 1 atom stereocenters. The van der Waals surface area contributed by atoms with Gasteiger partial charge in [0.1, 0.15) is 5.82 Å². The van der Waals surface area contributed by atoms with E-state index in [9.17, 15) is 9.18 Å². The monoisotopic (exact) mass is 292 g/mol. The molecule has 0 aromatic heterocycles. The maximum atomic E-state index is 13.2. The number of rotatable bonds is 4. The summed E-state index contributed by atoms with van der Waals surface area (Å²) in [5, 5.41) is 3.37. The Morgan fingerprint density at radius 2 is 2.24 bits per heavy atom. The number of benzene rings is 1. The summed E-state index contributed by atoms with van der Waals surface area (Å²) in [5.74, 6) is 0.221. The Bertz CT molecular complexity index is 495. The van der Waals surface area contributed by atoms with Crippen molar-refractivity contribution in [1.82, 2.24) is 10.2 Å². The molecule has 1 aliphatic heterocycles. The standard InChI is InChI=1S/C17H25FN2O/c1-17(2,14-7-5-9-19-11-14)16(21)20(3)12-13-6-4-8-15(18)10-13/h4,6,8,10,14,19H,5,7,9,11-12H2,1-3H3. The molecular formula is C17H25FN2O. The zero-order chi connectivity index (χ0) is 15.5. The van der Waals surface area contributed by atoms with Crippen molar-refractivity contribution in [2.24, 2.45) is 11.3 Å². The lowest BCUT2D eigenvalue weighted by atomic mass is 9.74. The Morgan fingerprint density at radius 1 is 1.48 bits per heavy atom. The summed E-state index contributed by atoms with van der Waals surface area (Å²) in [6.07, 6.45) is 2.20. The molecule has 1 heterocycles. The van der Waals surface area contributed by atoms with E-state index >= 15 is 0 Å². The van der Waals surface area contributed by atoms with Gasteiger partial charge in [-0.05, 0) is 49.5 Å². The minimum atomic E-state index is -0.393. The fourth-order valence-corrected chi connectivity index (χ4v) is 3.12. The molecule has 0 radical (unpaired) electrons. The molecule has 0 bridgehead atoms. The Balaban J connectivity index is 2.03. The van der Waals surface area contributed by atoms with E-state index in [-0.39, 0.29) is 11.7 Å². The molecule has 3 nitrogen and oxygen atoms in total. The van der Waals surface area contributed by atoms with Crippen molar-refractivity contribution in [3.8, 4) is 0 Å². The van der Waals surface area contributed by atoms with E-state index in [4.69, 9.17) is 0 Å². The first-order valence-electron chi connectivity index (χ1n) is 7.62. The second-order valence-corrected chi connectivity index (χ2v) is 6.56. The van der Waals surface area contributed by atoms with E-state index in [1.807, 2.05) is 19.9 Å². The van der Waals surface area contributed by atoms with Gasteiger partial charge in [-0.3, -0.25) is 4.79 Å². The van der Waals surface area contributed by atoms with Crippen molar-refractivity contribution in [1.29, 1.82) is 0 Å². The van der Waals surface area contributed by atoms with Crippen LogP contribution in [0.1, 0.15) is 32.3 Å². The Morgan fingerprint density at radius 3 is 2.86 bits per heavy atom. The number of piperidine rings is 1. The molecule has 1 N–H and O–H groups in total. The number of nitrogens with zero attached hydrogens (tertiary/aromatic N) is 1. The summed E-state index contributed by atoms with van der Waals surface area (Å²) >= 11 is 0. The third kappa shape index (κ3) is 3.82. The zero-order valence-electron chi connectivity index (χ0n) is 13.2. The van der Waals surface area contributed by atoms with Crippen molar-refractivity contribution < 1.29 is 9.18 Å². The lowest BCUT2D eigenvalue weighted by Crippen LogP contribution is -2.47. The van der Waals surface area contributed by atoms with Crippen molar-refractivity contribution in [2.45, 2.75) is 33.2 Å². The van der Waals surface area contributed by atoms with Crippen molar-refractivity contribution in [3.05, 3.63) is 35.6 Å². The average molecular weight is 292 g/mol. The zero-order valence-corrected chi connectivity index (χ0v) is 13.2. The summed E-state index contributed by atoms with van der Waals surface area (Å²) < 4.78 is 13.2. The van der Waals surface area contributed by atoms with Gasteiger partial charge in [0.25, 0.3) is 0 Å². The van der Waals surface area contributed by atoms with E-state index < -0.39 is 5.41 Å². The van der Waals surface area contributed by atoms with Crippen LogP contribution in [0.4, 0.5) is 4.39 Å². The number of hydrogen-bond acceptors (Lipinski definition) is 2. The molecule has 0 spiro atoms. The van der Waals surface area contributed by atoms with E-state index in [1.165, 1.54) is 12.1 Å². The highest BCUT2D eigenvalue weighted by atomic mass is 19.1. The number of hydrogen-bond donors (Lipinski definition) is 1. The van der Waals surface area contributed by atoms with Gasteiger partial charge in [0.15, 0.2) is 0 Å². The largest absolute Gasteiger partial charge is 0.341 e. The van der Waals surface area contributed by atoms with Gasteiger partial charge in [-0.2, -0.15) is 0 Å². The normalized spacial score (nSPS) is 19.3. The molecule has 4 heteroatoms. The molecular weight excluding hydrogens is 267 g/mol. The van der Waals surface area contributed by atoms with Crippen LogP contribution in [0.15, 0.2) is 24.3 Å². The molecule has 1 fully saturated rings. The molecule has 1 unspecified atom stereocenters. The van der Waals surface area contributed by atoms with Gasteiger partial charge in [0.05, 0.1) is 0 Å². The number of carbonyl (C=O) groups excluding carboxylic acids is 1. The predicted octanol–water partition coefficient (Wildman–Crippen LogP) is 2.81. The van der Waals surface area contributed by atoms with Crippen molar-refractivity contribution in [2.75, 3.05) is 20.1 Å². The van der Waals surface area contributed by atoms with Gasteiger partial charge in [-0.15, -0.1) is 0 Å². The molecule has 0 aliphatic carbocycles. The van der Waals surface area contributed by atoms with Gasteiger partial charge >= 0.3 is 0 Å². The fraction of sp³-hybridized carbons (Fsp3) is 0.588. The third-order valence-corrected chi connectivity index (χ3v) is 4.52. The SMILES string of the molecule is CN(Cc1cccc(F)c1)C(=O)C(C)(C)C1CCCNC1. The highest BCUT2D eigenvalue weighted by Crippen LogP contribution is 2.33. The smallest absolute Gasteiger partial charge is 0.228 e. The molecule has 0 saturated carbocycles. The van der Waals surface area contributed by atoms with Gasteiger partial charge in [0.2, 0.25) is 5.91 Å². The van der Waals surface area contributed by atoms with Crippen LogP contribution in [0.25, 0.3) is 0 Å². The first kappa shape index (κ1) is 16.0. The number of halogens is 1. The summed E-state index contributed by atoms with van der Waals surface area (Å²) in [7, 11) is 1.80. The molecule has 116 valence electrons. The Hall–Kier alpha value is -1.42. The molecule has 1 saturated heterocycles. The summed E-state index contributed by atoms with van der Waals surface area (Å²) in [6.45, 7) is 6.43. The van der Waals surface area contributed by atoms with Gasteiger partial charge in [-0.25, -0.2) is 4.39 Å². The van der Waals surface area contributed by atoms with Crippen molar-refractivity contribution in [3.63, 3.8) is 0 Å². The molecule has 2 rings (SSSR count). The first-order valence-corrected chi connectivity index (χ1v) is 7.62. The second kappa shape index (κ2) is 6.56. The lowest BCUT2D eigenvalue weighted by Gasteiger charge is -2.38. The van der Waals surface area contributed by atoms with Crippen LogP contribution in [0.3, 0.4) is 0 Å². The first-order chi connectivity index (χ1) is 9.91. The van der Waals surface area contributed by atoms with Crippen LogP contribution < -0.4 is 5.32 Å². The quantitative estimate of drug-likeness (QED) is 0.925. The van der Waals surface area contributed by atoms with E-state index in [0.29, 0.717) is 12.5 Å². The molecule has 1 aromatic rings. The van der Waals surface area contributed by atoms with Gasteiger partial charge in [0, 0.05) is 19.0 Å². The fourth-order valence-electron chi connectivity index (χ4n) is 3.12. The van der Waals surface area contributed by atoms with Crippen LogP contribution in [0.2, 0.25) is 0 Å². The van der Waals surface area contributed by atoms with Gasteiger partial charge in [-0.1, -0.05) is 26.0 Å². The molecule has 1 amide bonds. The average Bonchev–Trinajstić information content (AvgIpc) is 2.47. The van der Waals surface area contributed by atoms with Crippen LogP contribution in [-0.2, 0) is 11.3 Å². The molecule has 1 aliphatic rings. The van der Waals surface area contributed by atoms with Crippen molar-refractivity contribution >= 4 is 5.91 Å². The minimum Gasteiger partial charge on any atom is -0.341 e. The van der Waals surface area contributed by atoms with Crippen LogP contribution >= 0.6 is 0 Å². The maximum Gasteiger partial charge on any atom is 0.228 e. The highest BCUT2D eigenvalue weighted by molar-refractivity contribution is 5.82. The third-order valence-electron chi connectivity index (χ3n) is 4.52. The van der Waals surface area contributed by atoms with E-state index in [2.05, 4.69) is 5.32 Å². The van der Waals surface area contributed by atoms with Crippen LogP contribution in [0, 0.1) is 17.2 Å². The number of amides is 1.